The molecule has 67 valence electrons. The Morgan fingerprint density at radius 1 is 1.18 bits per heavy atom. The Kier molecular flexibility index (Phi) is 6.69. The summed E-state index contributed by atoms with van der Waals surface area (Å²) in [5, 5.41) is 0. The van der Waals surface area contributed by atoms with Gasteiger partial charge in [0.15, 0.2) is 0 Å². The molecule has 11 heavy (non-hydrogen) atoms. The Bertz CT molecular complexity index is 74.1. The molecule has 0 saturated carbocycles. The highest BCUT2D eigenvalue weighted by Crippen LogP contribution is 2.16. The predicted molar refractivity (Wildman–Crippen MR) is 52.4 cm³/mol. The summed E-state index contributed by atoms with van der Waals surface area (Å²) in [7, 11) is 0. The van der Waals surface area contributed by atoms with Crippen molar-refractivity contribution in [2.75, 3.05) is 0 Å². The lowest BCUT2D eigenvalue weighted by Gasteiger charge is -2.12. The fourth-order valence-electron chi connectivity index (χ4n) is 1.45. The molecule has 0 saturated heterocycles. The summed E-state index contributed by atoms with van der Waals surface area (Å²) in [6, 6.07) is 0. The van der Waals surface area contributed by atoms with Gasteiger partial charge < -0.3 is 0 Å². The summed E-state index contributed by atoms with van der Waals surface area (Å²) in [5.74, 6) is 1.67. The second-order valence-corrected chi connectivity index (χ2v) is 3.98. The summed E-state index contributed by atoms with van der Waals surface area (Å²) in [4.78, 5) is 0. The third-order valence-corrected chi connectivity index (χ3v) is 1.97. The van der Waals surface area contributed by atoms with Crippen molar-refractivity contribution < 1.29 is 0 Å². The standard InChI is InChI=1S/C11H23/c1-5-6-7-8-11(4)9-10(2)3/h8,10-11H,5-7,9H2,1-4H3. The lowest BCUT2D eigenvalue weighted by atomic mass is 9.94. The molecule has 0 aliphatic heterocycles. The number of hydrogen-bond donors (Lipinski definition) is 0. The molecule has 0 aliphatic rings. The average molecular weight is 155 g/mol. The van der Waals surface area contributed by atoms with E-state index in [9.17, 15) is 0 Å². The Labute approximate surface area is 72.4 Å². The van der Waals surface area contributed by atoms with Crippen molar-refractivity contribution in [3.63, 3.8) is 0 Å². The molecule has 0 nitrogen and oxygen atoms in total. The lowest BCUT2D eigenvalue weighted by molar-refractivity contribution is 0.468. The molecule has 0 heterocycles. The van der Waals surface area contributed by atoms with E-state index in [2.05, 4.69) is 34.1 Å². The third-order valence-electron chi connectivity index (χ3n) is 1.97. The molecule has 0 spiro atoms. The fraction of sp³-hybridized carbons (Fsp3) is 0.909. The number of hydrogen-bond acceptors (Lipinski definition) is 0. The fourth-order valence-corrected chi connectivity index (χ4v) is 1.45. The van der Waals surface area contributed by atoms with Crippen LogP contribution in [0.2, 0.25) is 0 Å². The predicted octanol–water partition coefficient (Wildman–Crippen LogP) is 4.06. The maximum absolute atomic E-state index is 2.48. The van der Waals surface area contributed by atoms with Gasteiger partial charge in [0.05, 0.1) is 0 Å². The molecular weight excluding hydrogens is 132 g/mol. The molecular formula is C11H23. The minimum Gasteiger partial charge on any atom is -0.0654 e. The van der Waals surface area contributed by atoms with Gasteiger partial charge in [0.2, 0.25) is 0 Å². The number of rotatable bonds is 6. The first-order valence-corrected chi connectivity index (χ1v) is 5.00. The molecule has 1 radical (unpaired) electrons. The van der Waals surface area contributed by atoms with E-state index in [0.717, 1.165) is 11.8 Å². The zero-order chi connectivity index (χ0) is 8.69. The first kappa shape index (κ1) is 11.0. The molecule has 0 aliphatic carbocycles. The minimum absolute atomic E-state index is 0.821. The third kappa shape index (κ3) is 7.90. The zero-order valence-electron chi connectivity index (χ0n) is 8.56. The van der Waals surface area contributed by atoms with Crippen LogP contribution in [0, 0.1) is 18.3 Å². The second-order valence-electron chi connectivity index (χ2n) is 3.98. The Balaban J connectivity index is 3.15. The summed E-state index contributed by atoms with van der Waals surface area (Å²) >= 11 is 0. The topological polar surface area (TPSA) is 0 Å². The number of unbranched alkanes of at least 4 members (excludes halogenated alkanes) is 2. The van der Waals surface area contributed by atoms with E-state index in [4.69, 9.17) is 0 Å². The monoisotopic (exact) mass is 155 g/mol. The van der Waals surface area contributed by atoms with Gasteiger partial charge in [0, 0.05) is 0 Å². The lowest BCUT2D eigenvalue weighted by Crippen LogP contribution is -2.00. The molecule has 0 aromatic heterocycles. The van der Waals surface area contributed by atoms with E-state index in [-0.39, 0.29) is 0 Å². The molecule has 0 rings (SSSR count). The van der Waals surface area contributed by atoms with E-state index in [1.165, 1.54) is 25.7 Å². The van der Waals surface area contributed by atoms with Crippen molar-refractivity contribution >= 4 is 0 Å². The van der Waals surface area contributed by atoms with Gasteiger partial charge in [0.25, 0.3) is 0 Å². The quantitative estimate of drug-likeness (QED) is 0.507. The van der Waals surface area contributed by atoms with Crippen molar-refractivity contribution in [2.24, 2.45) is 11.8 Å². The Morgan fingerprint density at radius 3 is 2.27 bits per heavy atom. The average Bonchev–Trinajstić information content (AvgIpc) is 1.86. The van der Waals surface area contributed by atoms with Gasteiger partial charge in [0.1, 0.15) is 0 Å². The van der Waals surface area contributed by atoms with E-state index < -0.39 is 0 Å². The van der Waals surface area contributed by atoms with Gasteiger partial charge in [-0.2, -0.15) is 0 Å². The van der Waals surface area contributed by atoms with Crippen LogP contribution in [-0.2, 0) is 0 Å². The highest BCUT2D eigenvalue weighted by molar-refractivity contribution is 4.73. The zero-order valence-corrected chi connectivity index (χ0v) is 8.56. The van der Waals surface area contributed by atoms with Gasteiger partial charge in [-0.05, 0) is 31.1 Å². The first-order valence-electron chi connectivity index (χ1n) is 5.00. The van der Waals surface area contributed by atoms with Crippen LogP contribution < -0.4 is 0 Å². The van der Waals surface area contributed by atoms with Crippen molar-refractivity contribution in [1.29, 1.82) is 0 Å². The smallest absolute Gasteiger partial charge is 0.0357 e. The van der Waals surface area contributed by atoms with E-state index in [0.29, 0.717) is 0 Å². The molecule has 0 amide bonds. The van der Waals surface area contributed by atoms with Crippen molar-refractivity contribution in [1.82, 2.24) is 0 Å². The van der Waals surface area contributed by atoms with Crippen molar-refractivity contribution in [3.05, 3.63) is 6.42 Å². The molecule has 1 atom stereocenters. The molecule has 0 N–H and O–H groups in total. The van der Waals surface area contributed by atoms with Crippen LogP contribution in [0.15, 0.2) is 0 Å². The van der Waals surface area contributed by atoms with Gasteiger partial charge in [-0.25, -0.2) is 0 Å². The van der Waals surface area contributed by atoms with Crippen LogP contribution in [0.1, 0.15) is 53.4 Å². The van der Waals surface area contributed by atoms with Gasteiger partial charge >= 0.3 is 0 Å². The maximum Gasteiger partial charge on any atom is -0.0357 e. The summed E-state index contributed by atoms with van der Waals surface area (Å²) in [6.45, 7) is 9.17. The van der Waals surface area contributed by atoms with Gasteiger partial charge in [-0.15, -0.1) is 0 Å². The van der Waals surface area contributed by atoms with E-state index in [1.807, 2.05) is 0 Å². The summed E-state index contributed by atoms with van der Waals surface area (Å²) in [5.41, 5.74) is 0. The van der Waals surface area contributed by atoms with Crippen LogP contribution in [0.5, 0.6) is 0 Å². The van der Waals surface area contributed by atoms with Crippen LogP contribution in [-0.4, -0.2) is 0 Å². The van der Waals surface area contributed by atoms with Crippen LogP contribution in [0.3, 0.4) is 0 Å². The van der Waals surface area contributed by atoms with Crippen LogP contribution in [0.4, 0.5) is 0 Å². The molecule has 0 heteroatoms. The largest absolute Gasteiger partial charge is 0.0654 e. The highest BCUT2D eigenvalue weighted by atomic mass is 14.1. The molecule has 0 aromatic rings. The Hall–Kier alpha value is 0. The second kappa shape index (κ2) is 6.69. The first-order chi connectivity index (χ1) is 5.16. The maximum atomic E-state index is 2.48. The van der Waals surface area contributed by atoms with E-state index >= 15 is 0 Å². The Morgan fingerprint density at radius 2 is 1.82 bits per heavy atom. The molecule has 0 fully saturated rings. The summed E-state index contributed by atoms with van der Waals surface area (Å²) < 4.78 is 0. The van der Waals surface area contributed by atoms with Gasteiger partial charge in [-0.1, -0.05) is 40.5 Å². The van der Waals surface area contributed by atoms with Gasteiger partial charge in [-0.3, -0.25) is 0 Å². The van der Waals surface area contributed by atoms with Crippen molar-refractivity contribution in [3.8, 4) is 0 Å². The normalized spacial score (nSPS) is 13.9. The molecule has 0 bridgehead atoms. The van der Waals surface area contributed by atoms with Crippen molar-refractivity contribution in [2.45, 2.75) is 53.4 Å². The van der Waals surface area contributed by atoms with Crippen LogP contribution in [0.25, 0.3) is 0 Å². The van der Waals surface area contributed by atoms with Crippen LogP contribution >= 0.6 is 0 Å². The molecule has 1 unspecified atom stereocenters. The van der Waals surface area contributed by atoms with E-state index in [1.54, 1.807) is 0 Å². The SMILES string of the molecule is CCCC[CH]C(C)CC(C)C. The highest BCUT2D eigenvalue weighted by Gasteiger charge is 2.03. The minimum atomic E-state index is 0.821. The molecule has 0 aromatic carbocycles. The summed E-state index contributed by atoms with van der Waals surface area (Å²) in [6.07, 6.45) is 7.82.